The van der Waals surface area contributed by atoms with Gasteiger partial charge in [0.15, 0.2) is 5.65 Å². The van der Waals surface area contributed by atoms with Crippen LogP contribution in [-0.4, -0.2) is 37.9 Å². The van der Waals surface area contributed by atoms with Gasteiger partial charge >= 0.3 is 0 Å². The number of hydrogen-bond donors (Lipinski definition) is 2. The van der Waals surface area contributed by atoms with E-state index in [-0.39, 0.29) is 23.4 Å². The summed E-state index contributed by atoms with van der Waals surface area (Å²) >= 11 is 0. The van der Waals surface area contributed by atoms with Crippen LogP contribution in [0, 0.1) is 13.8 Å². The molecule has 0 saturated carbocycles. The van der Waals surface area contributed by atoms with Crippen LogP contribution in [0.4, 0.5) is 5.69 Å². The van der Waals surface area contributed by atoms with Crippen molar-refractivity contribution in [2.75, 3.05) is 11.9 Å². The number of benzene rings is 1. The number of carbonyl (C=O) groups excluding carboxylic acids is 2. The lowest BCUT2D eigenvalue weighted by atomic mass is 9.98. The molecule has 0 unspecified atom stereocenters. The Morgan fingerprint density at radius 1 is 1.20 bits per heavy atom. The van der Waals surface area contributed by atoms with Crippen molar-refractivity contribution < 1.29 is 9.59 Å². The van der Waals surface area contributed by atoms with Crippen LogP contribution in [0.5, 0.6) is 0 Å². The zero-order valence-corrected chi connectivity index (χ0v) is 17.4. The lowest BCUT2D eigenvalue weighted by Gasteiger charge is -2.35. The van der Waals surface area contributed by atoms with Crippen LogP contribution >= 0.6 is 0 Å². The number of rotatable bonds is 3. The number of nitrogens with one attached hydrogen (secondary N) is 2. The smallest absolute Gasteiger partial charge is 0.275 e. The molecule has 0 aliphatic carbocycles. The molecule has 8 heteroatoms. The summed E-state index contributed by atoms with van der Waals surface area (Å²) < 4.78 is 1.44. The number of aryl methyl sites for hydroxylation is 1. The van der Waals surface area contributed by atoms with Gasteiger partial charge in [-0.05, 0) is 45.2 Å². The number of aromatic nitrogens is 3. The number of anilines is 1. The van der Waals surface area contributed by atoms with Gasteiger partial charge in [0, 0.05) is 30.8 Å². The molecule has 0 radical (unpaired) electrons. The van der Waals surface area contributed by atoms with Gasteiger partial charge in [-0.3, -0.25) is 19.5 Å². The fourth-order valence-electron chi connectivity index (χ4n) is 4.03. The average Bonchev–Trinajstić information content (AvgIpc) is 3.15. The molecule has 0 spiro atoms. The molecule has 1 atom stereocenters. The van der Waals surface area contributed by atoms with E-state index in [4.69, 9.17) is 0 Å². The first-order valence-electron chi connectivity index (χ1n) is 10.1. The van der Waals surface area contributed by atoms with Crippen molar-refractivity contribution in [3.05, 3.63) is 63.2 Å². The summed E-state index contributed by atoms with van der Waals surface area (Å²) in [6, 6.07) is 8.68. The summed E-state index contributed by atoms with van der Waals surface area (Å²) in [5.74, 6) is -0.368. The standard InChI is InChI=1S/C22H25N5O3/c1-13-14(2)23-20-12-18(25-27(20)21(13)29)19-10-6-7-11-26(19)22(30)16-8-4-5-9-17(16)24-15(3)28/h4-5,8-9,12,19,25H,6-7,10-11H2,1-3H3,(H,24,28)/t19-/m0/s1. The van der Waals surface area contributed by atoms with Gasteiger partial charge in [0.2, 0.25) is 5.91 Å². The van der Waals surface area contributed by atoms with Gasteiger partial charge < -0.3 is 10.2 Å². The van der Waals surface area contributed by atoms with Crippen molar-refractivity contribution in [3.63, 3.8) is 0 Å². The van der Waals surface area contributed by atoms with Gasteiger partial charge in [-0.1, -0.05) is 12.1 Å². The highest BCUT2D eigenvalue weighted by Crippen LogP contribution is 2.33. The Morgan fingerprint density at radius 3 is 2.73 bits per heavy atom. The van der Waals surface area contributed by atoms with Crippen LogP contribution < -0.4 is 10.9 Å². The first-order valence-corrected chi connectivity index (χ1v) is 10.1. The van der Waals surface area contributed by atoms with Crippen molar-refractivity contribution in [3.8, 4) is 0 Å². The molecule has 1 saturated heterocycles. The third-order valence-electron chi connectivity index (χ3n) is 5.69. The molecule has 3 heterocycles. The van der Waals surface area contributed by atoms with E-state index in [1.54, 1.807) is 31.2 Å². The number of likely N-dealkylation sites (tertiary alicyclic amines) is 1. The van der Waals surface area contributed by atoms with E-state index in [0.717, 1.165) is 25.0 Å². The van der Waals surface area contributed by atoms with E-state index in [9.17, 15) is 14.4 Å². The average molecular weight is 407 g/mol. The normalized spacial score (nSPS) is 16.6. The zero-order chi connectivity index (χ0) is 21.4. The molecule has 8 nitrogen and oxygen atoms in total. The van der Waals surface area contributed by atoms with Crippen LogP contribution in [-0.2, 0) is 4.79 Å². The number of H-pyrrole nitrogens is 1. The van der Waals surface area contributed by atoms with Gasteiger partial charge in [0.05, 0.1) is 23.0 Å². The number of aromatic amines is 1. The van der Waals surface area contributed by atoms with Gasteiger partial charge in [0.25, 0.3) is 11.5 Å². The highest BCUT2D eigenvalue weighted by atomic mass is 16.2. The minimum atomic E-state index is -0.225. The molecule has 2 N–H and O–H groups in total. The largest absolute Gasteiger partial charge is 0.330 e. The van der Waals surface area contributed by atoms with Crippen molar-refractivity contribution in [2.45, 2.75) is 46.1 Å². The predicted molar refractivity (Wildman–Crippen MR) is 114 cm³/mol. The quantitative estimate of drug-likeness (QED) is 0.697. The second kappa shape index (κ2) is 7.78. The Labute approximate surface area is 173 Å². The summed E-state index contributed by atoms with van der Waals surface area (Å²) in [5, 5.41) is 5.90. The first kappa shape index (κ1) is 19.9. The number of amides is 2. The number of para-hydroxylation sites is 1. The monoisotopic (exact) mass is 407 g/mol. The number of piperidine rings is 1. The van der Waals surface area contributed by atoms with Crippen molar-refractivity contribution in [2.24, 2.45) is 0 Å². The minimum Gasteiger partial charge on any atom is -0.330 e. The molecule has 0 bridgehead atoms. The lowest BCUT2D eigenvalue weighted by molar-refractivity contribution is -0.114. The maximum atomic E-state index is 13.5. The summed E-state index contributed by atoms with van der Waals surface area (Å²) in [6.07, 6.45) is 2.67. The minimum absolute atomic E-state index is 0.131. The second-order valence-corrected chi connectivity index (χ2v) is 7.77. The molecule has 2 amide bonds. The molecular weight excluding hydrogens is 382 g/mol. The summed E-state index contributed by atoms with van der Waals surface area (Å²) in [7, 11) is 0. The van der Waals surface area contributed by atoms with Crippen LogP contribution in [0.2, 0.25) is 0 Å². The van der Waals surface area contributed by atoms with Gasteiger partial charge in [-0.25, -0.2) is 9.50 Å². The van der Waals surface area contributed by atoms with Gasteiger partial charge in [-0.2, -0.15) is 0 Å². The number of nitrogens with zero attached hydrogens (tertiary/aromatic N) is 3. The van der Waals surface area contributed by atoms with Crippen molar-refractivity contribution in [1.82, 2.24) is 19.5 Å². The SMILES string of the molecule is CC(=O)Nc1ccccc1C(=O)N1CCCC[C@H]1c1cc2nc(C)c(C)c(=O)n2[nH]1. The molecule has 1 aromatic carbocycles. The molecule has 30 heavy (non-hydrogen) atoms. The summed E-state index contributed by atoms with van der Waals surface area (Å²) in [5.41, 5.74) is 3.46. The molecule has 1 aliphatic heterocycles. The van der Waals surface area contributed by atoms with E-state index in [2.05, 4.69) is 15.4 Å². The number of carbonyl (C=O) groups is 2. The molecule has 2 aromatic heterocycles. The van der Waals surface area contributed by atoms with Gasteiger partial charge in [0.1, 0.15) is 0 Å². The molecule has 1 fully saturated rings. The third-order valence-corrected chi connectivity index (χ3v) is 5.69. The molecular formula is C22H25N5O3. The maximum absolute atomic E-state index is 13.5. The van der Waals surface area contributed by atoms with E-state index in [0.29, 0.717) is 34.7 Å². The summed E-state index contributed by atoms with van der Waals surface area (Å²) in [4.78, 5) is 43.9. The third kappa shape index (κ3) is 3.49. The highest BCUT2D eigenvalue weighted by Gasteiger charge is 2.31. The van der Waals surface area contributed by atoms with E-state index in [1.165, 1.54) is 11.4 Å². The first-order chi connectivity index (χ1) is 14.4. The maximum Gasteiger partial charge on any atom is 0.275 e. The van der Waals surface area contributed by atoms with E-state index < -0.39 is 0 Å². The van der Waals surface area contributed by atoms with Crippen LogP contribution in [0.3, 0.4) is 0 Å². The predicted octanol–water partition coefficient (Wildman–Crippen LogP) is 2.97. The Balaban J connectivity index is 1.73. The molecule has 1 aliphatic rings. The molecule has 4 rings (SSSR count). The van der Waals surface area contributed by atoms with Crippen molar-refractivity contribution in [1.29, 1.82) is 0 Å². The number of hydrogen-bond acceptors (Lipinski definition) is 4. The Bertz CT molecular complexity index is 1190. The fraction of sp³-hybridized carbons (Fsp3) is 0.364. The van der Waals surface area contributed by atoms with Crippen LogP contribution in [0.1, 0.15) is 59.5 Å². The van der Waals surface area contributed by atoms with E-state index >= 15 is 0 Å². The van der Waals surface area contributed by atoms with Gasteiger partial charge in [-0.15, -0.1) is 0 Å². The fourth-order valence-corrected chi connectivity index (χ4v) is 4.03. The lowest BCUT2D eigenvalue weighted by Crippen LogP contribution is -2.39. The van der Waals surface area contributed by atoms with Crippen LogP contribution in [0.15, 0.2) is 35.1 Å². The molecule has 156 valence electrons. The van der Waals surface area contributed by atoms with E-state index in [1.807, 2.05) is 17.9 Å². The topological polar surface area (TPSA) is 99.6 Å². The Hall–Kier alpha value is -3.42. The highest BCUT2D eigenvalue weighted by molar-refractivity contribution is 6.03. The number of fused-ring (bicyclic) bond motifs is 1. The molecule has 3 aromatic rings. The summed E-state index contributed by atoms with van der Waals surface area (Å²) in [6.45, 7) is 5.60. The van der Waals surface area contributed by atoms with Crippen LogP contribution in [0.25, 0.3) is 5.65 Å². The zero-order valence-electron chi connectivity index (χ0n) is 17.4. The van der Waals surface area contributed by atoms with Crippen molar-refractivity contribution >= 4 is 23.1 Å². The Kier molecular flexibility index (Phi) is 5.15. The second-order valence-electron chi connectivity index (χ2n) is 7.77. The Morgan fingerprint density at radius 2 is 1.97 bits per heavy atom.